The minimum absolute atomic E-state index is 0.215. The average Bonchev–Trinajstić information content (AvgIpc) is 1.82. The minimum Gasteiger partial charge on any atom is -0.469 e. The third kappa shape index (κ3) is 5.70. The molecule has 0 rings (SSSR count). The van der Waals surface area contributed by atoms with Gasteiger partial charge in [0.15, 0.2) is 0 Å². The Bertz CT molecular complexity index is 181. The van der Waals surface area contributed by atoms with Gasteiger partial charge >= 0.3 is 5.97 Å². The normalized spacial score (nSPS) is 10.7. The van der Waals surface area contributed by atoms with E-state index >= 15 is 0 Å². The fourth-order valence-corrected chi connectivity index (χ4v) is 0.666. The maximum Gasteiger partial charge on any atom is 0.315 e. The van der Waals surface area contributed by atoms with Gasteiger partial charge in [-0.2, -0.15) is 0 Å². The van der Waals surface area contributed by atoms with Gasteiger partial charge in [-0.25, -0.2) is 0 Å². The fraction of sp³-hybridized carbons (Fsp3) is 0.750. The molecule has 0 atom stereocenters. The van der Waals surface area contributed by atoms with E-state index in [-0.39, 0.29) is 17.9 Å². The van der Waals surface area contributed by atoms with Crippen LogP contribution >= 0.6 is 0 Å². The summed E-state index contributed by atoms with van der Waals surface area (Å²) in [5.41, 5.74) is -0.300. The van der Waals surface area contributed by atoms with Crippen molar-refractivity contribution in [3.63, 3.8) is 0 Å². The van der Waals surface area contributed by atoms with E-state index in [4.69, 9.17) is 0 Å². The lowest BCUT2D eigenvalue weighted by Crippen LogP contribution is -2.41. The van der Waals surface area contributed by atoms with Crippen LogP contribution in [0.1, 0.15) is 27.2 Å². The van der Waals surface area contributed by atoms with Gasteiger partial charge in [-0.05, 0) is 20.8 Å². The molecule has 0 heterocycles. The Hall–Kier alpha value is -1.06. The number of esters is 1. The van der Waals surface area contributed by atoms with Gasteiger partial charge in [-0.3, -0.25) is 9.59 Å². The molecular formula is C8H15NO3. The molecule has 0 aliphatic rings. The number of amides is 1. The molecule has 70 valence electrons. The number of methoxy groups -OCH3 is 1. The average molecular weight is 173 g/mol. The molecule has 0 saturated carbocycles. The van der Waals surface area contributed by atoms with Crippen molar-refractivity contribution in [2.45, 2.75) is 32.7 Å². The van der Waals surface area contributed by atoms with Crippen LogP contribution in [0.5, 0.6) is 0 Å². The summed E-state index contributed by atoms with van der Waals surface area (Å²) in [5, 5.41) is 2.64. The number of carbonyl (C=O) groups is 2. The van der Waals surface area contributed by atoms with E-state index in [1.165, 1.54) is 7.11 Å². The lowest BCUT2D eigenvalue weighted by Gasteiger charge is -2.19. The first-order valence-electron chi connectivity index (χ1n) is 3.73. The maximum absolute atomic E-state index is 11.0. The molecule has 0 bridgehead atoms. The first-order chi connectivity index (χ1) is 5.35. The molecule has 0 spiro atoms. The fourth-order valence-electron chi connectivity index (χ4n) is 0.666. The summed E-state index contributed by atoms with van der Waals surface area (Å²) in [6.45, 7) is 5.55. The van der Waals surface area contributed by atoms with Crippen LogP contribution in [-0.2, 0) is 14.3 Å². The summed E-state index contributed by atoms with van der Waals surface area (Å²) >= 11 is 0. The van der Waals surface area contributed by atoms with Gasteiger partial charge in [0.2, 0.25) is 5.91 Å². The van der Waals surface area contributed by atoms with Gasteiger partial charge in [0.05, 0.1) is 7.11 Å². The van der Waals surface area contributed by atoms with Gasteiger partial charge in [0.25, 0.3) is 0 Å². The van der Waals surface area contributed by atoms with E-state index < -0.39 is 5.97 Å². The molecule has 12 heavy (non-hydrogen) atoms. The highest BCUT2D eigenvalue weighted by Gasteiger charge is 2.16. The number of hydrogen-bond acceptors (Lipinski definition) is 3. The second-order valence-corrected chi connectivity index (χ2v) is 3.55. The molecule has 1 amide bonds. The maximum atomic E-state index is 11.0. The molecule has 0 aliphatic carbocycles. The predicted octanol–water partition coefficient (Wildman–Crippen LogP) is 0.464. The van der Waals surface area contributed by atoms with Crippen LogP contribution in [0.2, 0.25) is 0 Å². The van der Waals surface area contributed by atoms with Gasteiger partial charge in [0, 0.05) is 5.54 Å². The smallest absolute Gasteiger partial charge is 0.315 e. The highest BCUT2D eigenvalue weighted by Crippen LogP contribution is 1.99. The molecule has 0 aromatic rings. The lowest BCUT2D eigenvalue weighted by atomic mass is 10.1. The Morgan fingerprint density at radius 2 is 1.83 bits per heavy atom. The zero-order valence-electron chi connectivity index (χ0n) is 7.93. The highest BCUT2D eigenvalue weighted by atomic mass is 16.5. The van der Waals surface area contributed by atoms with E-state index in [2.05, 4.69) is 10.1 Å². The number of nitrogens with one attached hydrogen (secondary N) is 1. The molecule has 0 saturated heterocycles. The van der Waals surface area contributed by atoms with Crippen molar-refractivity contribution in [1.29, 1.82) is 0 Å². The van der Waals surface area contributed by atoms with Crippen LogP contribution in [0.4, 0.5) is 0 Å². The summed E-state index contributed by atoms with van der Waals surface area (Å²) in [7, 11) is 1.26. The standard InChI is InChI=1S/C8H15NO3/c1-8(2,3)9-6(10)5-7(11)12-4/h5H2,1-4H3,(H,9,10). The largest absolute Gasteiger partial charge is 0.469 e. The van der Waals surface area contributed by atoms with Crippen molar-refractivity contribution in [1.82, 2.24) is 5.32 Å². The first kappa shape index (κ1) is 10.9. The van der Waals surface area contributed by atoms with Crippen LogP contribution in [0.15, 0.2) is 0 Å². The molecule has 0 aliphatic heterocycles. The van der Waals surface area contributed by atoms with E-state index in [0.29, 0.717) is 0 Å². The summed E-state index contributed by atoms with van der Waals surface area (Å²) in [6, 6.07) is 0. The Balaban J connectivity index is 3.83. The van der Waals surface area contributed by atoms with Crippen molar-refractivity contribution in [3.8, 4) is 0 Å². The second-order valence-electron chi connectivity index (χ2n) is 3.55. The van der Waals surface area contributed by atoms with Crippen LogP contribution < -0.4 is 5.32 Å². The molecule has 4 nitrogen and oxygen atoms in total. The Morgan fingerprint density at radius 3 is 2.17 bits per heavy atom. The molecule has 0 aromatic carbocycles. The van der Waals surface area contributed by atoms with Crippen molar-refractivity contribution in [2.24, 2.45) is 0 Å². The number of rotatable bonds is 2. The van der Waals surface area contributed by atoms with E-state index in [0.717, 1.165) is 0 Å². The first-order valence-corrected chi connectivity index (χ1v) is 3.73. The number of hydrogen-bond donors (Lipinski definition) is 1. The Kier molecular flexibility index (Phi) is 3.73. The molecular weight excluding hydrogens is 158 g/mol. The van der Waals surface area contributed by atoms with Crippen LogP contribution in [0.25, 0.3) is 0 Å². The summed E-state index contributed by atoms with van der Waals surface area (Å²) in [5.74, 6) is -0.828. The van der Waals surface area contributed by atoms with Gasteiger partial charge < -0.3 is 10.1 Å². The SMILES string of the molecule is COC(=O)CC(=O)NC(C)(C)C. The predicted molar refractivity (Wildman–Crippen MR) is 44.5 cm³/mol. The quantitative estimate of drug-likeness (QED) is 0.487. The third-order valence-electron chi connectivity index (χ3n) is 1.05. The second kappa shape index (κ2) is 4.09. The molecule has 0 fully saturated rings. The van der Waals surface area contributed by atoms with Crippen molar-refractivity contribution >= 4 is 11.9 Å². The zero-order valence-corrected chi connectivity index (χ0v) is 7.93. The lowest BCUT2D eigenvalue weighted by molar-refractivity contribution is -0.144. The summed E-state index contributed by atoms with van der Waals surface area (Å²) in [6.07, 6.45) is -0.215. The van der Waals surface area contributed by atoms with Gasteiger partial charge in [-0.1, -0.05) is 0 Å². The van der Waals surface area contributed by atoms with Crippen molar-refractivity contribution < 1.29 is 14.3 Å². The van der Waals surface area contributed by atoms with E-state index in [1.54, 1.807) is 0 Å². The summed E-state index contributed by atoms with van der Waals surface area (Å²) < 4.78 is 4.34. The zero-order chi connectivity index (χ0) is 9.78. The number of ether oxygens (including phenoxy) is 1. The molecule has 0 unspecified atom stereocenters. The Labute approximate surface area is 72.3 Å². The van der Waals surface area contributed by atoms with E-state index in [1.807, 2.05) is 20.8 Å². The van der Waals surface area contributed by atoms with Crippen LogP contribution in [-0.4, -0.2) is 24.5 Å². The monoisotopic (exact) mass is 173 g/mol. The number of carbonyl (C=O) groups excluding carboxylic acids is 2. The molecule has 0 radical (unpaired) electrons. The van der Waals surface area contributed by atoms with Crippen LogP contribution in [0, 0.1) is 0 Å². The minimum atomic E-state index is -0.517. The van der Waals surface area contributed by atoms with Crippen LogP contribution in [0.3, 0.4) is 0 Å². The van der Waals surface area contributed by atoms with E-state index in [9.17, 15) is 9.59 Å². The topological polar surface area (TPSA) is 55.4 Å². The van der Waals surface area contributed by atoms with Crippen molar-refractivity contribution in [2.75, 3.05) is 7.11 Å². The molecule has 4 heteroatoms. The third-order valence-corrected chi connectivity index (χ3v) is 1.05. The van der Waals surface area contributed by atoms with Gasteiger partial charge in [0.1, 0.15) is 6.42 Å². The Morgan fingerprint density at radius 1 is 1.33 bits per heavy atom. The summed E-state index contributed by atoms with van der Waals surface area (Å²) in [4.78, 5) is 21.6. The van der Waals surface area contributed by atoms with Gasteiger partial charge in [-0.15, -0.1) is 0 Å². The van der Waals surface area contributed by atoms with Crippen molar-refractivity contribution in [3.05, 3.63) is 0 Å². The molecule has 0 aromatic heterocycles. The molecule has 1 N–H and O–H groups in total. The highest BCUT2D eigenvalue weighted by molar-refractivity contribution is 5.94.